The second-order valence-electron chi connectivity index (χ2n) is 4.18. The number of carbonyl (C=O) groups is 1. The molecule has 0 fully saturated rings. The molecule has 0 aliphatic heterocycles. The minimum absolute atomic E-state index is 0.0386. The molecule has 19 heavy (non-hydrogen) atoms. The molecule has 1 unspecified atom stereocenters. The monoisotopic (exact) mass is 273 g/mol. The third-order valence-corrected chi connectivity index (χ3v) is 2.79. The number of benzene rings is 1. The molecule has 1 atom stereocenters. The van der Waals surface area contributed by atoms with Crippen LogP contribution in [0.2, 0.25) is 0 Å². The van der Waals surface area contributed by atoms with Crippen LogP contribution in [-0.2, 0) is 16.5 Å². The van der Waals surface area contributed by atoms with Gasteiger partial charge in [0.15, 0.2) is 0 Å². The zero-order valence-electron chi connectivity index (χ0n) is 10.3. The van der Waals surface area contributed by atoms with E-state index in [4.69, 9.17) is 0 Å². The Hall–Kier alpha value is -1.82. The van der Waals surface area contributed by atoms with Crippen LogP contribution in [0.25, 0.3) is 0 Å². The highest BCUT2D eigenvalue weighted by Gasteiger charge is 2.37. The summed E-state index contributed by atoms with van der Waals surface area (Å²) in [6, 6.07) is 4.28. The van der Waals surface area contributed by atoms with Crippen LogP contribution < -0.4 is 5.32 Å². The van der Waals surface area contributed by atoms with E-state index in [2.05, 4.69) is 11.9 Å². The fourth-order valence-corrected chi connectivity index (χ4v) is 1.58. The van der Waals surface area contributed by atoms with E-state index < -0.39 is 23.2 Å². The predicted octanol–water partition coefficient (Wildman–Crippen LogP) is 2.78. The zero-order chi connectivity index (χ0) is 14.7. The number of carboxylic acid groups (broad SMARTS) is 1. The van der Waals surface area contributed by atoms with Crippen LogP contribution in [0.1, 0.15) is 18.1 Å². The molecule has 0 aliphatic rings. The number of rotatable bonds is 5. The molecule has 0 saturated carbocycles. The van der Waals surface area contributed by atoms with Gasteiger partial charge in [-0.15, -0.1) is 6.58 Å². The summed E-state index contributed by atoms with van der Waals surface area (Å²) in [6.45, 7) is 4.92. The average molecular weight is 273 g/mol. The van der Waals surface area contributed by atoms with Crippen molar-refractivity contribution >= 4 is 5.97 Å². The van der Waals surface area contributed by atoms with Crippen molar-refractivity contribution in [3.8, 4) is 0 Å². The average Bonchev–Trinajstić information content (AvgIpc) is 2.34. The Labute approximate surface area is 108 Å². The number of aliphatic carboxylic acids is 1. The second-order valence-corrected chi connectivity index (χ2v) is 4.18. The Morgan fingerprint density at radius 3 is 2.47 bits per heavy atom. The lowest BCUT2D eigenvalue weighted by Crippen LogP contribution is -2.46. The number of hydrogen-bond donors (Lipinski definition) is 2. The molecule has 0 saturated heterocycles. The second kappa shape index (κ2) is 5.44. The Bertz CT molecular complexity index is 485. The largest absolute Gasteiger partial charge is 0.480 e. The van der Waals surface area contributed by atoms with Crippen molar-refractivity contribution in [2.45, 2.75) is 18.6 Å². The molecule has 1 aromatic carbocycles. The maximum Gasteiger partial charge on any atom is 0.416 e. The molecule has 1 aromatic rings. The number of carboxylic acids is 1. The van der Waals surface area contributed by atoms with Crippen molar-refractivity contribution in [3.05, 3.63) is 48.0 Å². The first kappa shape index (κ1) is 15.2. The first-order chi connectivity index (χ1) is 8.71. The molecule has 0 aromatic heterocycles. The molecule has 0 spiro atoms. The molecular weight excluding hydrogens is 259 g/mol. The van der Waals surface area contributed by atoms with Gasteiger partial charge in [-0.3, -0.25) is 5.32 Å². The van der Waals surface area contributed by atoms with Gasteiger partial charge < -0.3 is 5.11 Å². The van der Waals surface area contributed by atoms with Crippen molar-refractivity contribution in [2.75, 3.05) is 6.54 Å². The molecule has 0 amide bonds. The Balaban J connectivity index is 3.24. The lowest BCUT2D eigenvalue weighted by Gasteiger charge is -2.27. The van der Waals surface area contributed by atoms with Crippen molar-refractivity contribution < 1.29 is 23.1 Å². The number of alkyl halides is 3. The number of nitrogens with one attached hydrogen (secondary N) is 1. The van der Waals surface area contributed by atoms with E-state index in [1.807, 2.05) is 0 Å². The van der Waals surface area contributed by atoms with Crippen molar-refractivity contribution in [2.24, 2.45) is 0 Å². The van der Waals surface area contributed by atoms with E-state index in [9.17, 15) is 23.1 Å². The van der Waals surface area contributed by atoms with Gasteiger partial charge in [-0.2, -0.15) is 13.2 Å². The Kier molecular flexibility index (Phi) is 4.36. The standard InChI is InChI=1S/C13H14F3NO2/c1-3-7-17-12(2,11(18)19)9-5-4-6-10(8-9)13(14,15)16/h3-6,8,17H,1,7H2,2H3,(H,18,19). The van der Waals surface area contributed by atoms with Crippen molar-refractivity contribution in [1.29, 1.82) is 0 Å². The third-order valence-electron chi connectivity index (χ3n) is 2.79. The molecular formula is C13H14F3NO2. The smallest absolute Gasteiger partial charge is 0.416 e. The SMILES string of the molecule is C=CCNC(C)(C(=O)O)c1cccc(C(F)(F)F)c1. The fourth-order valence-electron chi connectivity index (χ4n) is 1.58. The maximum absolute atomic E-state index is 12.6. The highest BCUT2D eigenvalue weighted by Crippen LogP contribution is 2.32. The summed E-state index contributed by atoms with van der Waals surface area (Å²) >= 11 is 0. The molecule has 104 valence electrons. The van der Waals surface area contributed by atoms with Gasteiger partial charge in [0.1, 0.15) is 5.54 Å². The Morgan fingerprint density at radius 2 is 2.00 bits per heavy atom. The van der Waals surface area contributed by atoms with Crippen LogP contribution in [0, 0.1) is 0 Å². The topological polar surface area (TPSA) is 49.3 Å². The molecule has 1 rings (SSSR count). The van der Waals surface area contributed by atoms with E-state index in [1.165, 1.54) is 25.1 Å². The quantitative estimate of drug-likeness (QED) is 0.811. The zero-order valence-corrected chi connectivity index (χ0v) is 10.3. The summed E-state index contributed by atoms with van der Waals surface area (Å²) in [5.74, 6) is -1.26. The van der Waals surface area contributed by atoms with Crippen LogP contribution >= 0.6 is 0 Å². The van der Waals surface area contributed by atoms with Gasteiger partial charge in [0.2, 0.25) is 0 Å². The molecule has 0 heterocycles. The van der Waals surface area contributed by atoms with Crippen molar-refractivity contribution in [3.63, 3.8) is 0 Å². The summed E-state index contributed by atoms with van der Waals surface area (Å²) in [4.78, 5) is 11.3. The van der Waals surface area contributed by atoms with Gasteiger partial charge in [0, 0.05) is 6.54 Å². The number of halogens is 3. The van der Waals surface area contributed by atoms with Gasteiger partial charge in [-0.25, -0.2) is 4.79 Å². The molecule has 3 nitrogen and oxygen atoms in total. The van der Waals surface area contributed by atoms with Crippen LogP contribution in [0.3, 0.4) is 0 Å². The van der Waals surface area contributed by atoms with E-state index in [-0.39, 0.29) is 12.1 Å². The third kappa shape index (κ3) is 3.35. The lowest BCUT2D eigenvalue weighted by molar-refractivity contribution is -0.145. The molecule has 0 bridgehead atoms. The molecule has 6 heteroatoms. The summed E-state index contributed by atoms with van der Waals surface area (Å²) < 4.78 is 37.9. The van der Waals surface area contributed by atoms with Crippen LogP contribution in [0.5, 0.6) is 0 Å². The molecule has 0 aliphatic carbocycles. The van der Waals surface area contributed by atoms with Crippen LogP contribution in [0.15, 0.2) is 36.9 Å². The first-order valence-corrected chi connectivity index (χ1v) is 5.49. The van der Waals surface area contributed by atoms with Crippen molar-refractivity contribution in [1.82, 2.24) is 5.32 Å². The van der Waals surface area contributed by atoms with Gasteiger partial charge >= 0.3 is 12.1 Å². The fraction of sp³-hybridized carbons (Fsp3) is 0.308. The minimum atomic E-state index is -4.51. The first-order valence-electron chi connectivity index (χ1n) is 5.49. The van der Waals surface area contributed by atoms with Gasteiger partial charge in [0.05, 0.1) is 5.56 Å². The van der Waals surface area contributed by atoms with E-state index >= 15 is 0 Å². The predicted molar refractivity (Wildman–Crippen MR) is 64.6 cm³/mol. The van der Waals surface area contributed by atoms with Crippen LogP contribution in [0.4, 0.5) is 13.2 Å². The molecule has 2 N–H and O–H groups in total. The van der Waals surface area contributed by atoms with Gasteiger partial charge in [0.25, 0.3) is 0 Å². The number of hydrogen-bond acceptors (Lipinski definition) is 2. The summed E-state index contributed by atoms with van der Waals surface area (Å²) in [7, 11) is 0. The normalized spacial score (nSPS) is 14.7. The van der Waals surface area contributed by atoms with Gasteiger partial charge in [-0.1, -0.05) is 18.2 Å². The van der Waals surface area contributed by atoms with Crippen LogP contribution in [-0.4, -0.2) is 17.6 Å². The summed E-state index contributed by atoms with van der Waals surface area (Å²) in [6.07, 6.45) is -3.07. The summed E-state index contributed by atoms with van der Waals surface area (Å²) in [5, 5.41) is 11.9. The highest BCUT2D eigenvalue weighted by molar-refractivity contribution is 5.80. The summed E-state index contributed by atoms with van der Waals surface area (Å²) in [5.41, 5.74) is -2.44. The van der Waals surface area contributed by atoms with E-state index in [0.717, 1.165) is 12.1 Å². The Morgan fingerprint density at radius 1 is 1.42 bits per heavy atom. The van der Waals surface area contributed by atoms with Gasteiger partial charge in [-0.05, 0) is 24.6 Å². The highest BCUT2D eigenvalue weighted by atomic mass is 19.4. The minimum Gasteiger partial charge on any atom is -0.480 e. The van der Waals surface area contributed by atoms with E-state index in [1.54, 1.807) is 0 Å². The lowest BCUT2D eigenvalue weighted by atomic mass is 9.90. The maximum atomic E-state index is 12.6. The van der Waals surface area contributed by atoms with E-state index in [0.29, 0.717) is 0 Å². The molecule has 0 radical (unpaired) electrons.